The number of aliphatic hydroxyl groups excluding tert-OH is 1. The van der Waals surface area contributed by atoms with Gasteiger partial charge in [-0.3, -0.25) is 4.79 Å². The molecule has 6 rings (SSSR count). The normalized spacial score (nSPS) is 30.7. The Morgan fingerprint density at radius 1 is 0.976 bits per heavy atom. The van der Waals surface area contributed by atoms with Gasteiger partial charge in [0.25, 0.3) is 5.91 Å². The van der Waals surface area contributed by atoms with Crippen molar-refractivity contribution < 1.29 is 23.1 Å². The minimum atomic E-state index is -3.85. The number of halogens is 1. The summed E-state index contributed by atoms with van der Waals surface area (Å²) >= 11 is 6.30. The number of ether oxygens (including phenoxy) is 1. The molecule has 220 valence electrons. The van der Waals surface area contributed by atoms with E-state index in [1.54, 1.807) is 18.2 Å². The molecule has 2 heterocycles. The molecule has 2 aromatic carbocycles. The Morgan fingerprint density at radius 3 is 2.68 bits per heavy atom. The number of aliphatic hydroxyl groups is 1. The third-order valence-corrected chi connectivity index (χ3v) is 11.5. The van der Waals surface area contributed by atoms with Crippen molar-refractivity contribution in [1.82, 2.24) is 4.72 Å². The van der Waals surface area contributed by atoms with Crippen LogP contribution in [0.25, 0.3) is 0 Å². The van der Waals surface area contributed by atoms with E-state index in [-0.39, 0.29) is 11.8 Å². The van der Waals surface area contributed by atoms with Gasteiger partial charge in [-0.25, -0.2) is 13.1 Å². The summed E-state index contributed by atoms with van der Waals surface area (Å²) in [6.07, 6.45) is 10.8. The van der Waals surface area contributed by atoms with Crippen LogP contribution in [-0.4, -0.2) is 43.9 Å². The van der Waals surface area contributed by atoms with Crippen LogP contribution < -0.4 is 14.4 Å². The van der Waals surface area contributed by atoms with Gasteiger partial charge >= 0.3 is 0 Å². The first kappa shape index (κ1) is 28.6. The van der Waals surface area contributed by atoms with E-state index in [1.807, 2.05) is 30.4 Å². The topological polar surface area (TPSA) is 95.9 Å². The standard InChI is InChI=1S/C32H39ClN2O5S/c33-26-11-8-25-20-40-31-14-10-23-18-29(31)35(15-2-1-5-22(25)17-26)19-24-9-12-28(24)30(36)13-7-21-4-3-6-27(16-21)41(38,39)34-32(23)37/h7-8,10-11,13-14,17-18,21,24,27-28,30,36H,1-6,9,12,15-16,19-20H2,(H,34,37)/b13-7+/t21-,24-,27+,28+,30-/m0/s1. The lowest BCUT2D eigenvalue weighted by molar-refractivity contribution is 0.0459. The molecule has 7 nitrogen and oxygen atoms in total. The van der Waals surface area contributed by atoms with E-state index >= 15 is 0 Å². The fraction of sp³-hybridized carbons (Fsp3) is 0.531. The Labute approximate surface area is 248 Å². The second-order valence-electron chi connectivity index (χ2n) is 12.2. The van der Waals surface area contributed by atoms with Gasteiger partial charge in [-0.15, -0.1) is 0 Å². The summed E-state index contributed by atoms with van der Waals surface area (Å²) in [5.74, 6) is 0.592. The number of benzene rings is 2. The van der Waals surface area contributed by atoms with Crippen molar-refractivity contribution in [1.29, 1.82) is 0 Å². The zero-order valence-corrected chi connectivity index (χ0v) is 24.9. The number of sulfonamides is 1. The quantitative estimate of drug-likeness (QED) is 0.381. The average Bonchev–Trinajstić information content (AvgIpc) is 2.97. The van der Waals surface area contributed by atoms with E-state index in [9.17, 15) is 18.3 Å². The van der Waals surface area contributed by atoms with Gasteiger partial charge in [0, 0.05) is 23.7 Å². The molecular formula is C32H39ClN2O5S. The number of anilines is 1. The minimum Gasteiger partial charge on any atom is -0.487 e. The van der Waals surface area contributed by atoms with Gasteiger partial charge in [-0.05, 0) is 111 Å². The van der Waals surface area contributed by atoms with Gasteiger partial charge in [0.2, 0.25) is 10.0 Å². The smallest absolute Gasteiger partial charge is 0.264 e. The van der Waals surface area contributed by atoms with Crippen molar-refractivity contribution in [3.8, 4) is 5.75 Å². The van der Waals surface area contributed by atoms with E-state index in [0.29, 0.717) is 41.7 Å². The zero-order chi connectivity index (χ0) is 28.6. The van der Waals surface area contributed by atoms with Crippen LogP contribution in [0.5, 0.6) is 5.75 Å². The first-order valence-corrected chi connectivity index (χ1v) is 16.9. The Morgan fingerprint density at radius 2 is 1.85 bits per heavy atom. The van der Waals surface area contributed by atoms with Crippen molar-refractivity contribution in [3.05, 3.63) is 70.3 Å². The number of nitrogens with zero attached hydrogens (tertiary/aromatic N) is 1. The molecule has 4 bridgehead atoms. The highest BCUT2D eigenvalue weighted by atomic mass is 35.5. The van der Waals surface area contributed by atoms with Crippen molar-refractivity contribution in [3.63, 3.8) is 0 Å². The number of fused-ring (bicyclic) bond motifs is 5. The second-order valence-corrected chi connectivity index (χ2v) is 14.6. The third-order valence-electron chi connectivity index (χ3n) is 9.53. The summed E-state index contributed by atoms with van der Waals surface area (Å²) in [5.41, 5.74) is 3.34. The lowest BCUT2D eigenvalue weighted by atomic mass is 9.70. The largest absolute Gasteiger partial charge is 0.487 e. The number of allylic oxidation sites excluding steroid dienone is 1. The minimum absolute atomic E-state index is 0.0783. The second kappa shape index (κ2) is 12.0. The summed E-state index contributed by atoms with van der Waals surface area (Å²) in [7, 11) is -3.85. The fourth-order valence-corrected chi connectivity index (χ4v) is 8.67. The van der Waals surface area contributed by atoms with Crippen LogP contribution in [-0.2, 0) is 23.1 Å². The Balaban J connectivity index is 1.38. The molecule has 2 aliphatic heterocycles. The fourth-order valence-electron chi connectivity index (χ4n) is 6.96. The zero-order valence-electron chi connectivity index (χ0n) is 23.3. The van der Waals surface area contributed by atoms with Crippen LogP contribution in [0.4, 0.5) is 5.69 Å². The maximum atomic E-state index is 13.4. The van der Waals surface area contributed by atoms with E-state index in [4.69, 9.17) is 16.3 Å². The molecule has 9 heteroatoms. The average molecular weight is 599 g/mol. The molecule has 2 aliphatic carbocycles. The lowest BCUT2D eigenvalue weighted by Gasteiger charge is -2.42. The summed E-state index contributed by atoms with van der Waals surface area (Å²) in [5, 5.41) is 11.2. The predicted molar refractivity (Wildman–Crippen MR) is 161 cm³/mol. The first-order chi connectivity index (χ1) is 19.8. The van der Waals surface area contributed by atoms with Crippen molar-refractivity contribution in [2.75, 3.05) is 18.0 Å². The Hall–Kier alpha value is -2.55. The molecule has 0 saturated heterocycles. The van der Waals surface area contributed by atoms with Gasteiger partial charge in [-0.2, -0.15) is 0 Å². The van der Waals surface area contributed by atoms with Crippen LogP contribution in [0.15, 0.2) is 48.6 Å². The molecule has 0 unspecified atom stereocenters. The Bertz CT molecular complexity index is 1430. The highest BCUT2D eigenvalue weighted by molar-refractivity contribution is 7.90. The van der Waals surface area contributed by atoms with Gasteiger partial charge in [0.15, 0.2) is 0 Å². The van der Waals surface area contributed by atoms with E-state index in [2.05, 4.69) is 9.62 Å². The molecule has 5 atom stereocenters. The number of carbonyl (C=O) groups is 1. The van der Waals surface area contributed by atoms with Crippen molar-refractivity contribution in [2.45, 2.75) is 75.7 Å². The van der Waals surface area contributed by atoms with Crippen LogP contribution in [0, 0.1) is 17.8 Å². The van der Waals surface area contributed by atoms with Gasteiger partial charge in [-0.1, -0.05) is 36.2 Å². The van der Waals surface area contributed by atoms with Gasteiger partial charge < -0.3 is 14.7 Å². The number of carbonyl (C=O) groups excluding carboxylic acids is 1. The molecule has 4 aliphatic rings. The SMILES string of the molecule is O=C1NS(=O)(=O)[C@@H]2CCC[C@@H](/C=C/[C@H](O)[C@@H]3CC[C@H]3CN3CCCCc4cc(Cl)ccc4COc4ccc1cc43)C2. The molecule has 41 heavy (non-hydrogen) atoms. The van der Waals surface area contributed by atoms with E-state index in [0.717, 1.165) is 69.3 Å². The van der Waals surface area contributed by atoms with Crippen LogP contribution >= 0.6 is 11.6 Å². The number of amides is 1. The van der Waals surface area contributed by atoms with Crippen LogP contribution in [0.2, 0.25) is 5.02 Å². The highest BCUT2D eigenvalue weighted by Crippen LogP contribution is 2.41. The Kier molecular flexibility index (Phi) is 8.35. The molecule has 0 spiro atoms. The number of aryl methyl sites for hydroxylation is 1. The molecule has 0 aromatic heterocycles. The van der Waals surface area contributed by atoms with Crippen LogP contribution in [0.1, 0.15) is 72.9 Å². The lowest BCUT2D eigenvalue weighted by Crippen LogP contribution is -2.43. The van der Waals surface area contributed by atoms with Crippen LogP contribution in [0.3, 0.4) is 0 Å². The summed E-state index contributed by atoms with van der Waals surface area (Å²) < 4.78 is 35.3. The molecule has 1 amide bonds. The number of rotatable bonds is 0. The monoisotopic (exact) mass is 598 g/mol. The maximum absolute atomic E-state index is 13.4. The maximum Gasteiger partial charge on any atom is 0.264 e. The molecule has 0 radical (unpaired) electrons. The summed E-state index contributed by atoms with van der Waals surface area (Å²) in [4.78, 5) is 15.6. The number of hydrogen-bond donors (Lipinski definition) is 2. The predicted octanol–water partition coefficient (Wildman–Crippen LogP) is 5.64. The number of nitrogens with one attached hydrogen (secondary N) is 1. The van der Waals surface area contributed by atoms with Crippen molar-refractivity contribution in [2.24, 2.45) is 17.8 Å². The summed E-state index contributed by atoms with van der Waals surface area (Å²) in [6, 6.07) is 11.1. The van der Waals surface area contributed by atoms with Gasteiger partial charge in [0.05, 0.1) is 17.0 Å². The first-order valence-electron chi connectivity index (χ1n) is 15.0. The van der Waals surface area contributed by atoms with Gasteiger partial charge in [0.1, 0.15) is 12.4 Å². The molecule has 2 aromatic rings. The molecule has 2 saturated carbocycles. The molecule has 2 N–H and O–H groups in total. The third kappa shape index (κ3) is 6.30. The highest BCUT2D eigenvalue weighted by Gasteiger charge is 2.38. The van der Waals surface area contributed by atoms with E-state index < -0.39 is 27.3 Å². The molecular weight excluding hydrogens is 560 g/mol. The van der Waals surface area contributed by atoms with Crippen molar-refractivity contribution >= 4 is 33.2 Å². The number of hydrogen-bond acceptors (Lipinski definition) is 6. The summed E-state index contributed by atoms with van der Waals surface area (Å²) in [6.45, 7) is 1.86. The van der Waals surface area contributed by atoms with E-state index in [1.165, 1.54) is 5.56 Å². The molecule has 2 fully saturated rings.